The number of rotatable bonds is 4. The Morgan fingerprint density at radius 1 is 1.04 bits per heavy atom. The van der Waals surface area contributed by atoms with E-state index in [1.54, 1.807) is 12.1 Å². The van der Waals surface area contributed by atoms with Gasteiger partial charge in [-0.1, -0.05) is 29.3 Å². The van der Waals surface area contributed by atoms with E-state index in [0.717, 1.165) is 5.56 Å². The fraction of sp³-hybridized carbons (Fsp3) is 0.222. The molecule has 0 saturated heterocycles. The van der Waals surface area contributed by atoms with Gasteiger partial charge in [0, 0.05) is 16.4 Å². The minimum atomic E-state index is -0.555. The smallest absolute Gasteiger partial charge is 0.228 e. The summed E-state index contributed by atoms with van der Waals surface area (Å²) in [7, 11) is 0. The number of amides is 2. The van der Waals surface area contributed by atoms with Gasteiger partial charge in [0.1, 0.15) is 5.82 Å². The van der Waals surface area contributed by atoms with Gasteiger partial charge in [-0.15, -0.1) is 0 Å². The Kier molecular flexibility index (Phi) is 4.97. The highest BCUT2D eigenvalue weighted by atomic mass is 35.5. The molecule has 2 unspecified atom stereocenters. The Balaban J connectivity index is 1.59. The van der Waals surface area contributed by atoms with Crippen LogP contribution in [0.1, 0.15) is 12.0 Å². The molecule has 2 aromatic carbocycles. The van der Waals surface area contributed by atoms with Crippen molar-refractivity contribution in [3.63, 3.8) is 0 Å². The van der Waals surface area contributed by atoms with Gasteiger partial charge in [-0.3, -0.25) is 9.59 Å². The summed E-state index contributed by atoms with van der Waals surface area (Å²) in [6.45, 7) is 1.86. The lowest BCUT2D eigenvalue weighted by molar-refractivity contribution is -0.122. The second-order valence-corrected chi connectivity index (χ2v) is 6.86. The van der Waals surface area contributed by atoms with Crippen LogP contribution in [0.15, 0.2) is 36.4 Å². The fourth-order valence-corrected chi connectivity index (χ4v) is 2.89. The molecule has 4 nitrogen and oxygen atoms in total. The Labute approximate surface area is 154 Å². The van der Waals surface area contributed by atoms with Crippen molar-refractivity contribution in [1.29, 1.82) is 0 Å². The van der Waals surface area contributed by atoms with Crippen molar-refractivity contribution in [2.75, 3.05) is 10.6 Å². The highest BCUT2D eigenvalue weighted by Crippen LogP contribution is 2.40. The molecule has 1 aliphatic carbocycles. The van der Waals surface area contributed by atoms with Crippen LogP contribution in [0.25, 0.3) is 0 Å². The first-order chi connectivity index (χ1) is 11.8. The first kappa shape index (κ1) is 17.7. The van der Waals surface area contributed by atoms with E-state index in [0.29, 0.717) is 22.8 Å². The lowest BCUT2D eigenvalue weighted by Crippen LogP contribution is -2.21. The van der Waals surface area contributed by atoms with Gasteiger partial charge < -0.3 is 10.6 Å². The van der Waals surface area contributed by atoms with Crippen molar-refractivity contribution in [2.24, 2.45) is 11.8 Å². The zero-order valence-corrected chi connectivity index (χ0v) is 14.8. The minimum Gasteiger partial charge on any atom is -0.326 e. The standard InChI is InChI=1S/C18H15Cl2FN2O2/c1-9-2-3-10(19)6-16(9)23-18(25)13-8-12(13)17(24)22-11-4-5-15(21)14(20)7-11/h2-7,12-13H,8H2,1H3,(H,22,24)(H,23,25). The van der Waals surface area contributed by atoms with E-state index in [-0.39, 0.29) is 16.8 Å². The molecule has 3 rings (SSSR count). The van der Waals surface area contributed by atoms with E-state index in [1.807, 2.05) is 13.0 Å². The van der Waals surface area contributed by atoms with E-state index in [2.05, 4.69) is 10.6 Å². The third kappa shape index (κ3) is 4.11. The van der Waals surface area contributed by atoms with Gasteiger partial charge in [0.05, 0.1) is 16.9 Å². The van der Waals surface area contributed by atoms with E-state index >= 15 is 0 Å². The summed E-state index contributed by atoms with van der Waals surface area (Å²) in [6, 6.07) is 9.16. The molecule has 2 amide bonds. The molecule has 130 valence electrons. The second-order valence-electron chi connectivity index (χ2n) is 6.02. The van der Waals surface area contributed by atoms with Gasteiger partial charge in [-0.25, -0.2) is 4.39 Å². The van der Waals surface area contributed by atoms with Crippen LogP contribution in [0.3, 0.4) is 0 Å². The molecule has 0 aromatic heterocycles. The van der Waals surface area contributed by atoms with Gasteiger partial charge in [0.25, 0.3) is 0 Å². The van der Waals surface area contributed by atoms with Crippen molar-refractivity contribution < 1.29 is 14.0 Å². The lowest BCUT2D eigenvalue weighted by Gasteiger charge is -2.09. The average Bonchev–Trinajstić information content (AvgIpc) is 3.35. The zero-order valence-electron chi connectivity index (χ0n) is 13.3. The van der Waals surface area contributed by atoms with Crippen molar-refractivity contribution in [3.05, 3.63) is 57.8 Å². The molecule has 0 radical (unpaired) electrons. The monoisotopic (exact) mass is 380 g/mol. The minimum absolute atomic E-state index is 0.0701. The quantitative estimate of drug-likeness (QED) is 0.810. The summed E-state index contributed by atoms with van der Waals surface area (Å²) in [5.41, 5.74) is 1.92. The normalized spacial score (nSPS) is 18.6. The maximum absolute atomic E-state index is 13.1. The molecular formula is C18H15Cl2FN2O2. The third-order valence-corrected chi connectivity index (χ3v) is 4.63. The van der Waals surface area contributed by atoms with E-state index in [9.17, 15) is 14.0 Å². The topological polar surface area (TPSA) is 58.2 Å². The fourth-order valence-electron chi connectivity index (χ4n) is 2.54. The summed E-state index contributed by atoms with van der Waals surface area (Å²) in [5.74, 6) is -1.87. The molecule has 25 heavy (non-hydrogen) atoms. The lowest BCUT2D eigenvalue weighted by atomic mass is 10.2. The van der Waals surface area contributed by atoms with E-state index < -0.39 is 17.7 Å². The molecule has 0 spiro atoms. The molecule has 0 aliphatic heterocycles. The first-order valence-electron chi connectivity index (χ1n) is 7.68. The molecule has 1 fully saturated rings. The van der Waals surface area contributed by atoms with Gasteiger partial charge in [-0.2, -0.15) is 0 Å². The number of anilines is 2. The number of carbonyl (C=O) groups excluding carboxylic acids is 2. The van der Waals surface area contributed by atoms with Crippen LogP contribution in [0, 0.1) is 24.6 Å². The predicted octanol–water partition coefficient (Wildman–Crippen LogP) is 4.65. The van der Waals surface area contributed by atoms with Crippen LogP contribution in [0.5, 0.6) is 0 Å². The molecule has 0 bridgehead atoms. The number of hydrogen-bond acceptors (Lipinski definition) is 2. The van der Waals surface area contributed by atoms with Crippen molar-refractivity contribution in [2.45, 2.75) is 13.3 Å². The van der Waals surface area contributed by atoms with E-state index in [1.165, 1.54) is 18.2 Å². The Morgan fingerprint density at radius 3 is 2.40 bits per heavy atom. The number of carbonyl (C=O) groups is 2. The van der Waals surface area contributed by atoms with Gasteiger partial charge in [0.2, 0.25) is 11.8 Å². The number of nitrogens with one attached hydrogen (secondary N) is 2. The van der Waals surface area contributed by atoms with Crippen molar-refractivity contribution >= 4 is 46.4 Å². The van der Waals surface area contributed by atoms with Crippen molar-refractivity contribution in [3.8, 4) is 0 Å². The van der Waals surface area contributed by atoms with Crippen LogP contribution in [0.2, 0.25) is 10.0 Å². The molecule has 7 heteroatoms. The molecule has 1 aliphatic rings. The molecule has 0 heterocycles. The second kappa shape index (κ2) is 7.02. The molecule has 2 N–H and O–H groups in total. The summed E-state index contributed by atoms with van der Waals surface area (Å²) in [5, 5.41) is 5.91. The van der Waals surface area contributed by atoms with Gasteiger partial charge in [-0.05, 0) is 49.2 Å². The van der Waals surface area contributed by atoms with Crippen molar-refractivity contribution in [1.82, 2.24) is 0 Å². The first-order valence-corrected chi connectivity index (χ1v) is 8.43. The van der Waals surface area contributed by atoms with Crippen LogP contribution >= 0.6 is 23.2 Å². The number of hydrogen-bond donors (Lipinski definition) is 2. The van der Waals surface area contributed by atoms with Gasteiger partial charge >= 0.3 is 0 Å². The SMILES string of the molecule is Cc1ccc(Cl)cc1NC(=O)C1CC1C(=O)Nc1ccc(F)c(Cl)c1. The molecule has 1 saturated carbocycles. The van der Waals surface area contributed by atoms with Crippen LogP contribution in [0.4, 0.5) is 15.8 Å². The van der Waals surface area contributed by atoms with Crippen LogP contribution in [-0.4, -0.2) is 11.8 Å². The number of benzene rings is 2. The number of aryl methyl sites for hydroxylation is 1. The summed E-state index contributed by atoms with van der Waals surface area (Å²) >= 11 is 11.6. The number of halogens is 3. The maximum Gasteiger partial charge on any atom is 0.228 e. The third-order valence-electron chi connectivity index (χ3n) is 4.11. The predicted molar refractivity (Wildman–Crippen MR) is 96.5 cm³/mol. The summed E-state index contributed by atoms with van der Waals surface area (Å²) in [6.07, 6.45) is 0.464. The maximum atomic E-state index is 13.1. The zero-order chi connectivity index (χ0) is 18.1. The van der Waals surface area contributed by atoms with Crippen LogP contribution < -0.4 is 10.6 Å². The molecular weight excluding hydrogens is 366 g/mol. The van der Waals surface area contributed by atoms with E-state index in [4.69, 9.17) is 23.2 Å². The average molecular weight is 381 g/mol. The Bertz CT molecular complexity index is 857. The summed E-state index contributed by atoms with van der Waals surface area (Å²) < 4.78 is 13.1. The molecule has 2 atom stereocenters. The largest absolute Gasteiger partial charge is 0.326 e. The van der Waals surface area contributed by atoms with Gasteiger partial charge in [0.15, 0.2) is 0 Å². The Morgan fingerprint density at radius 2 is 1.72 bits per heavy atom. The highest BCUT2D eigenvalue weighted by molar-refractivity contribution is 6.31. The van der Waals surface area contributed by atoms with Crippen LogP contribution in [-0.2, 0) is 9.59 Å². The Hall–Kier alpha value is -2.11. The molecule has 2 aromatic rings. The highest BCUT2D eigenvalue weighted by Gasteiger charge is 2.48. The summed E-state index contributed by atoms with van der Waals surface area (Å²) in [4.78, 5) is 24.5.